The van der Waals surface area contributed by atoms with Crippen molar-refractivity contribution in [2.75, 3.05) is 6.61 Å². The summed E-state index contributed by atoms with van der Waals surface area (Å²) in [5.41, 5.74) is 0.0387. The molecule has 0 N–H and O–H groups in total. The number of pyridine rings is 1. The molecular formula is C15H15ClN2O4. The summed E-state index contributed by atoms with van der Waals surface area (Å²) in [7, 11) is 0. The van der Waals surface area contributed by atoms with Gasteiger partial charge in [-0.05, 0) is 37.6 Å². The van der Waals surface area contributed by atoms with Crippen LogP contribution in [0.4, 0.5) is 5.69 Å². The van der Waals surface area contributed by atoms with Gasteiger partial charge < -0.3 is 9.30 Å². The lowest BCUT2D eigenvalue weighted by molar-refractivity contribution is -0.386. The largest absolute Gasteiger partial charge is 0.494 e. The maximum absolute atomic E-state index is 11.8. The van der Waals surface area contributed by atoms with Gasteiger partial charge in [-0.1, -0.05) is 11.6 Å². The maximum Gasteiger partial charge on any atom is 0.288 e. The lowest BCUT2D eigenvalue weighted by Gasteiger charge is -2.10. The first-order chi connectivity index (χ1) is 10.5. The van der Waals surface area contributed by atoms with Crippen LogP contribution in [-0.4, -0.2) is 16.1 Å². The molecule has 1 heterocycles. The monoisotopic (exact) mass is 322 g/mol. The summed E-state index contributed by atoms with van der Waals surface area (Å²) in [5.74, 6) is 0.688. The second-order valence-electron chi connectivity index (χ2n) is 4.71. The van der Waals surface area contributed by atoms with E-state index in [1.54, 1.807) is 31.2 Å². The zero-order valence-corrected chi connectivity index (χ0v) is 12.7. The fourth-order valence-electron chi connectivity index (χ4n) is 2.08. The van der Waals surface area contributed by atoms with Crippen molar-refractivity contribution in [3.8, 4) is 5.75 Å². The maximum atomic E-state index is 11.8. The van der Waals surface area contributed by atoms with Gasteiger partial charge in [0.1, 0.15) is 5.75 Å². The van der Waals surface area contributed by atoms with E-state index < -0.39 is 4.92 Å². The molecule has 1 aromatic carbocycles. The minimum absolute atomic E-state index is 0.0572. The smallest absolute Gasteiger partial charge is 0.288 e. The molecule has 0 atom stereocenters. The van der Waals surface area contributed by atoms with Crippen LogP contribution in [0.25, 0.3) is 0 Å². The number of aromatic nitrogens is 1. The van der Waals surface area contributed by atoms with Gasteiger partial charge in [-0.2, -0.15) is 0 Å². The van der Waals surface area contributed by atoms with Crippen molar-refractivity contribution in [1.82, 2.24) is 4.57 Å². The Morgan fingerprint density at radius 2 is 1.91 bits per heavy atom. The highest BCUT2D eigenvalue weighted by molar-refractivity contribution is 6.30. The Balaban J connectivity index is 1.97. The van der Waals surface area contributed by atoms with Crippen molar-refractivity contribution in [1.29, 1.82) is 0 Å². The predicted octanol–water partition coefficient (Wildman–Crippen LogP) is 3.19. The molecule has 0 spiro atoms. The number of halogens is 1. The number of hydrogen-bond donors (Lipinski definition) is 0. The zero-order valence-electron chi connectivity index (χ0n) is 12.0. The van der Waals surface area contributed by atoms with Gasteiger partial charge in [-0.25, -0.2) is 0 Å². The third-order valence-electron chi connectivity index (χ3n) is 3.23. The topological polar surface area (TPSA) is 74.4 Å². The van der Waals surface area contributed by atoms with Crippen LogP contribution < -0.4 is 10.3 Å². The molecule has 0 unspecified atom stereocenters. The van der Waals surface area contributed by atoms with Gasteiger partial charge in [-0.15, -0.1) is 0 Å². The van der Waals surface area contributed by atoms with Gasteiger partial charge in [0.2, 0.25) is 0 Å². The van der Waals surface area contributed by atoms with Crippen LogP contribution in [0.5, 0.6) is 5.75 Å². The molecule has 0 amide bonds. The highest BCUT2D eigenvalue weighted by Gasteiger charge is 2.14. The van der Waals surface area contributed by atoms with Crippen molar-refractivity contribution in [2.45, 2.75) is 19.9 Å². The third kappa shape index (κ3) is 3.85. The fourth-order valence-corrected chi connectivity index (χ4v) is 2.20. The molecule has 0 aliphatic carbocycles. The van der Waals surface area contributed by atoms with Crippen LogP contribution in [-0.2, 0) is 6.54 Å². The van der Waals surface area contributed by atoms with Crippen molar-refractivity contribution in [2.24, 2.45) is 0 Å². The van der Waals surface area contributed by atoms with Crippen LogP contribution in [0.1, 0.15) is 12.1 Å². The summed E-state index contributed by atoms with van der Waals surface area (Å²) in [4.78, 5) is 22.2. The molecule has 0 fully saturated rings. The van der Waals surface area contributed by atoms with E-state index in [0.717, 1.165) is 0 Å². The summed E-state index contributed by atoms with van der Waals surface area (Å²) in [6.45, 7) is 2.33. The van der Waals surface area contributed by atoms with E-state index in [-0.39, 0.29) is 11.2 Å². The van der Waals surface area contributed by atoms with E-state index in [1.165, 1.54) is 16.7 Å². The molecule has 0 saturated carbocycles. The van der Waals surface area contributed by atoms with E-state index in [2.05, 4.69) is 0 Å². The SMILES string of the molecule is Cc1c([N+](=O)[O-])ccc(=O)n1CCCOc1ccc(Cl)cc1. The average molecular weight is 323 g/mol. The molecule has 0 aliphatic heterocycles. The number of benzene rings is 1. The minimum atomic E-state index is -0.491. The number of nitro groups is 1. The van der Waals surface area contributed by atoms with E-state index >= 15 is 0 Å². The molecular weight excluding hydrogens is 308 g/mol. The third-order valence-corrected chi connectivity index (χ3v) is 3.48. The van der Waals surface area contributed by atoms with Crippen LogP contribution in [0.2, 0.25) is 5.02 Å². The summed E-state index contributed by atoms with van der Waals surface area (Å²) < 4.78 is 6.92. The van der Waals surface area contributed by atoms with Crippen LogP contribution in [0.3, 0.4) is 0 Å². The van der Waals surface area contributed by atoms with Gasteiger partial charge in [0.25, 0.3) is 11.2 Å². The lowest BCUT2D eigenvalue weighted by Crippen LogP contribution is -2.23. The first-order valence-electron chi connectivity index (χ1n) is 6.72. The number of ether oxygens (including phenoxy) is 1. The standard InChI is InChI=1S/C15H15ClN2O4/c1-11-14(18(20)21)7-8-15(19)17(11)9-2-10-22-13-5-3-12(16)4-6-13/h3-8H,2,9-10H2,1H3. The number of hydrogen-bond acceptors (Lipinski definition) is 4. The second kappa shape index (κ2) is 7.09. The van der Waals surface area contributed by atoms with Gasteiger partial charge in [0.15, 0.2) is 0 Å². The van der Waals surface area contributed by atoms with Crippen LogP contribution in [0, 0.1) is 17.0 Å². The number of nitrogens with zero attached hydrogens (tertiary/aromatic N) is 2. The normalized spacial score (nSPS) is 10.5. The molecule has 1 aromatic heterocycles. The molecule has 0 bridgehead atoms. The van der Waals surface area contributed by atoms with Crippen LogP contribution >= 0.6 is 11.6 Å². The van der Waals surface area contributed by atoms with E-state index in [4.69, 9.17) is 16.3 Å². The Bertz CT molecular complexity index is 725. The molecule has 7 heteroatoms. The lowest BCUT2D eigenvalue weighted by atomic mass is 10.3. The average Bonchev–Trinajstić information content (AvgIpc) is 2.47. The first-order valence-corrected chi connectivity index (χ1v) is 7.10. The van der Waals surface area contributed by atoms with Crippen molar-refractivity contribution in [3.05, 3.63) is 67.6 Å². The predicted molar refractivity (Wildman–Crippen MR) is 83.7 cm³/mol. The Morgan fingerprint density at radius 1 is 1.23 bits per heavy atom. The van der Waals surface area contributed by atoms with E-state index in [1.807, 2.05) is 0 Å². The van der Waals surface area contributed by atoms with Crippen LogP contribution in [0.15, 0.2) is 41.2 Å². The first kappa shape index (κ1) is 16.0. The number of rotatable bonds is 6. The van der Waals surface area contributed by atoms with Crippen molar-refractivity contribution < 1.29 is 9.66 Å². The summed E-state index contributed by atoms with van der Waals surface area (Å²) in [6, 6.07) is 9.42. The van der Waals surface area contributed by atoms with Crippen molar-refractivity contribution in [3.63, 3.8) is 0 Å². The molecule has 22 heavy (non-hydrogen) atoms. The Hall–Kier alpha value is -2.34. The molecule has 2 aromatic rings. The molecule has 0 aliphatic rings. The highest BCUT2D eigenvalue weighted by Crippen LogP contribution is 2.16. The molecule has 0 saturated heterocycles. The molecule has 6 nitrogen and oxygen atoms in total. The van der Waals surface area contributed by atoms with E-state index in [9.17, 15) is 14.9 Å². The molecule has 116 valence electrons. The van der Waals surface area contributed by atoms with E-state index in [0.29, 0.717) is 36.0 Å². The summed E-state index contributed by atoms with van der Waals surface area (Å²) >= 11 is 5.78. The quantitative estimate of drug-likeness (QED) is 0.465. The Labute approximate surface area is 132 Å². The molecule has 0 radical (unpaired) electrons. The highest BCUT2D eigenvalue weighted by atomic mass is 35.5. The second-order valence-corrected chi connectivity index (χ2v) is 5.14. The van der Waals surface area contributed by atoms with Crippen molar-refractivity contribution >= 4 is 17.3 Å². The fraction of sp³-hybridized carbons (Fsp3) is 0.267. The van der Waals surface area contributed by atoms with Gasteiger partial charge >= 0.3 is 0 Å². The van der Waals surface area contributed by atoms with Gasteiger partial charge in [0.05, 0.1) is 17.2 Å². The Morgan fingerprint density at radius 3 is 2.55 bits per heavy atom. The summed E-state index contributed by atoms with van der Waals surface area (Å²) in [6.07, 6.45) is 0.560. The van der Waals surface area contributed by atoms with Gasteiger partial charge in [0, 0.05) is 23.7 Å². The summed E-state index contributed by atoms with van der Waals surface area (Å²) in [5, 5.41) is 11.5. The van der Waals surface area contributed by atoms with Gasteiger partial charge in [-0.3, -0.25) is 14.9 Å². The molecule has 2 rings (SSSR count). The zero-order chi connectivity index (χ0) is 16.1. The Kier molecular flexibility index (Phi) is 5.16. The minimum Gasteiger partial charge on any atom is -0.494 e.